The lowest BCUT2D eigenvalue weighted by Crippen LogP contribution is -2.30. The molecule has 0 aliphatic rings. The van der Waals surface area contributed by atoms with Crippen LogP contribution in [0.4, 0.5) is 0 Å². The molecule has 0 saturated carbocycles. The average Bonchev–Trinajstić information content (AvgIpc) is 3.01. The second-order valence-electron chi connectivity index (χ2n) is 4.54. The van der Waals surface area contributed by atoms with Crippen molar-refractivity contribution in [1.82, 2.24) is 9.29 Å². The summed E-state index contributed by atoms with van der Waals surface area (Å²) in [5.41, 5.74) is 1.55. The molecule has 6 heteroatoms. The molecule has 0 atom stereocenters. The van der Waals surface area contributed by atoms with Crippen LogP contribution < -0.4 is 4.74 Å². The van der Waals surface area contributed by atoms with Crippen molar-refractivity contribution in [2.24, 2.45) is 0 Å². The molecule has 0 bridgehead atoms. The average molecular weight is 308 g/mol. The molecular formula is C15H20N2O3S. The minimum Gasteiger partial charge on any atom is -0.496 e. The molecule has 0 aliphatic heterocycles. The van der Waals surface area contributed by atoms with Gasteiger partial charge in [0.25, 0.3) is 0 Å². The Bertz CT molecular complexity index is 690. The Hall–Kier alpha value is -1.79. The molecule has 114 valence electrons. The Labute approximate surface area is 125 Å². The maximum absolute atomic E-state index is 12.6. The lowest BCUT2D eigenvalue weighted by atomic mass is 10.1. The van der Waals surface area contributed by atoms with E-state index in [1.165, 1.54) is 4.31 Å². The molecule has 0 unspecified atom stereocenters. The van der Waals surface area contributed by atoms with E-state index in [0.717, 1.165) is 11.3 Å². The Kier molecular flexibility index (Phi) is 4.69. The van der Waals surface area contributed by atoms with Gasteiger partial charge in [-0.15, -0.1) is 0 Å². The van der Waals surface area contributed by atoms with Gasteiger partial charge in [-0.25, -0.2) is 8.42 Å². The molecule has 5 nitrogen and oxygen atoms in total. The number of hydrogen-bond acceptors (Lipinski definition) is 3. The second kappa shape index (κ2) is 6.32. The van der Waals surface area contributed by atoms with Crippen LogP contribution in [0.1, 0.15) is 13.8 Å². The summed E-state index contributed by atoms with van der Waals surface area (Å²) in [7, 11) is -1.91. The molecule has 1 N–H and O–H groups in total. The summed E-state index contributed by atoms with van der Waals surface area (Å²) in [5.74, 6) is 0.635. The maximum Gasteiger partial charge on any atom is 0.243 e. The largest absolute Gasteiger partial charge is 0.496 e. The Morgan fingerprint density at radius 1 is 1.19 bits per heavy atom. The summed E-state index contributed by atoms with van der Waals surface area (Å²) in [6, 6.07) is 8.66. The van der Waals surface area contributed by atoms with Crippen LogP contribution in [-0.4, -0.2) is 37.9 Å². The molecule has 0 radical (unpaired) electrons. The first-order chi connectivity index (χ1) is 10.0. The zero-order chi connectivity index (χ0) is 15.5. The van der Waals surface area contributed by atoms with Crippen molar-refractivity contribution >= 4 is 10.0 Å². The first-order valence-corrected chi connectivity index (χ1v) is 8.30. The van der Waals surface area contributed by atoms with E-state index in [1.54, 1.807) is 31.5 Å². The Balaban J connectivity index is 2.55. The number of benzene rings is 1. The van der Waals surface area contributed by atoms with Crippen molar-refractivity contribution < 1.29 is 13.2 Å². The quantitative estimate of drug-likeness (QED) is 0.892. The van der Waals surface area contributed by atoms with Gasteiger partial charge in [-0.1, -0.05) is 13.8 Å². The summed E-state index contributed by atoms with van der Waals surface area (Å²) in [5, 5.41) is 0. The van der Waals surface area contributed by atoms with E-state index >= 15 is 0 Å². The molecule has 2 rings (SSSR count). The summed E-state index contributed by atoms with van der Waals surface area (Å²) in [6.07, 6.45) is 1.79. The zero-order valence-electron chi connectivity index (χ0n) is 12.5. The first kappa shape index (κ1) is 15.6. The summed E-state index contributed by atoms with van der Waals surface area (Å²) >= 11 is 0. The highest BCUT2D eigenvalue weighted by Crippen LogP contribution is 2.32. The van der Waals surface area contributed by atoms with Gasteiger partial charge in [0, 0.05) is 30.5 Å². The topological polar surface area (TPSA) is 62.4 Å². The molecule has 0 amide bonds. The lowest BCUT2D eigenvalue weighted by molar-refractivity contribution is 0.415. The molecule has 0 fully saturated rings. The number of ether oxygens (including phenoxy) is 1. The van der Waals surface area contributed by atoms with Crippen molar-refractivity contribution in [2.75, 3.05) is 20.2 Å². The van der Waals surface area contributed by atoms with E-state index in [0.29, 0.717) is 18.8 Å². The first-order valence-electron chi connectivity index (χ1n) is 6.86. The number of rotatable bonds is 6. The van der Waals surface area contributed by atoms with Gasteiger partial charge in [0.05, 0.1) is 12.0 Å². The van der Waals surface area contributed by atoms with Gasteiger partial charge in [-0.05, 0) is 30.3 Å². The van der Waals surface area contributed by atoms with Gasteiger partial charge in [-0.3, -0.25) is 0 Å². The Morgan fingerprint density at radius 2 is 1.90 bits per heavy atom. The number of nitrogens with zero attached hydrogens (tertiary/aromatic N) is 1. The fourth-order valence-electron chi connectivity index (χ4n) is 2.27. The third kappa shape index (κ3) is 2.96. The minimum absolute atomic E-state index is 0.275. The standard InChI is InChI=1S/C15H20N2O3S/c1-4-17(5-2)21(18,19)12-8-9-15(20-3)13(11-12)14-7-6-10-16-14/h6-11,16H,4-5H2,1-3H3. The smallest absolute Gasteiger partial charge is 0.243 e. The van der Waals surface area contributed by atoms with E-state index in [2.05, 4.69) is 4.98 Å². The van der Waals surface area contributed by atoms with Crippen LogP contribution >= 0.6 is 0 Å². The molecule has 0 saturated heterocycles. The van der Waals surface area contributed by atoms with Crippen LogP contribution in [0.5, 0.6) is 5.75 Å². The van der Waals surface area contributed by atoms with Gasteiger partial charge >= 0.3 is 0 Å². The van der Waals surface area contributed by atoms with E-state index in [4.69, 9.17) is 4.74 Å². The van der Waals surface area contributed by atoms with E-state index < -0.39 is 10.0 Å². The van der Waals surface area contributed by atoms with Crippen LogP contribution in [0, 0.1) is 0 Å². The number of H-pyrrole nitrogens is 1. The molecular weight excluding hydrogens is 288 g/mol. The summed E-state index contributed by atoms with van der Waals surface area (Å²) < 4.78 is 31.9. The van der Waals surface area contributed by atoms with Crippen molar-refractivity contribution in [2.45, 2.75) is 18.7 Å². The fraction of sp³-hybridized carbons (Fsp3) is 0.333. The number of hydrogen-bond donors (Lipinski definition) is 1. The summed E-state index contributed by atoms with van der Waals surface area (Å²) in [6.45, 7) is 4.55. The van der Waals surface area contributed by atoms with E-state index in [9.17, 15) is 8.42 Å². The SMILES string of the molecule is CCN(CC)S(=O)(=O)c1ccc(OC)c(-c2ccc[nH]2)c1. The van der Waals surface area contributed by atoms with Gasteiger partial charge < -0.3 is 9.72 Å². The molecule has 0 spiro atoms. The Morgan fingerprint density at radius 3 is 2.43 bits per heavy atom. The van der Waals surface area contributed by atoms with E-state index in [1.807, 2.05) is 26.0 Å². The van der Waals surface area contributed by atoms with Crippen LogP contribution in [-0.2, 0) is 10.0 Å². The van der Waals surface area contributed by atoms with Gasteiger partial charge in [0.1, 0.15) is 5.75 Å². The summed E-state index contributed by atoms with van der Waals surface area (Å²) in [4.78, 5) is 3.35. The number of aromatic nitrogens is 1. The third-order valence-electron chi connectivity index (χ3n) is 3.40. The lowest BCUT2D eigenvalue weighted by Gasteiger charge is -2.19. The predicted molar refractivity (Wildman–Crippen MR) is 82.9 cm³/mol. The van der Waals surface area contributed by atoms with E-state index in [-0.39, 0.29) is 4.90 Å². The fourth-order valence-corrected chi connectivity index (χ4v) is 3.75. The number of aromatic amines is 1. The van der Waals surface area contributed by atoms with Crippen molar-refractivity contribution in [3.63, 3.8) is 0 Å². The van der Waals surface area contributed by atoms with Gasteiger partial charge in [-0.2, -0.15) is 4.31 Å². The predicted octanol–water partition coefficient (Wildman–Crippen LogP) is 2.72. The highest BCUT2D eigenvalue weighted by Gasteiger charge is 2.23. The molecule has 1 aromatic heterocycles. The number of methoxy groups -OCH3 is 1. The minimum atomic E-state index is -3.48. The van der Waals surface area contributed by atoms with Crippen LogP contribution in [0.3, 0.4) is 0 Å². The monoisotopic (exact) mass is 308 g/mol. The van der Waals surface area contributed by atoms with Crippen LogP contribution in [0.2, 0.25) is 0 Å². The normalized spacial score (nSPS) is 11.8. The highest BCUT2D eigenvalue weighted by molar-refractivity contribution is 7.89. The van der Waals surface area contributed by atoms with Crippen molar-refractivity contribution in [3.05, 3.63) is 36.5 Å². The molecule has 0 aliphatic carbocycles. The third-order valence-corrected chi connectivity index (χ3v) is 5.45. The number of sulfonamides is 1. The van der Waals surface area contributed by atoms with Crippen LogP contribution in [0.25, 0.3) is 11.3 Å². The second-order valence-corrected chi connectivity index (χ2v) is 6.47. The number of nitrogens with one attached hydrogen (secondary N) is 1. The maximum atomic E-state index is 12.6. The van der Waals surface area contributed by atoms with Crippen LogP contribution in [0.15, 0.2) is 41.4 Å². The molecule has 1 heterocycles. The van der Waals surface area contributed by atoms with Crippen molar-refractivity contribution in [3.8, 4) is 17.0 Å². The van der Waals surface area contributed by atoms with Crippen molar-refractivity contribution in [1.29, 1.82) is 0 Å². The molecule has 2 aromatic rings. The van der Waals surface area contributed by atoms with Gasteiger partial charge in [0.2, 0.25) is 10.0 Å². The zero-order valence-corrected chi connectivity index (χ0v) is 13.3. The molecule has 21 heavy (non-hydrogen) atoms. The van der Waals surface area contributed by atoms with Gasteiger partial charge in [0.15, 0.2) is 0 Å². The highest BCUT2D eigenvalue weighted by atomic mass is 32.2. The molecule has 1 aromatic carbocycles.